The van der Waals surface area contributed by atoms with Gasteiger partial charge in [0.05, 0.1) is 18.8 Å². The van der Waals surface area contributed by atoms with Gasteiger partial charge in [-0.3, -0.25) is 4.40 Å². The van der Waals surface area contributed by atoms with E-state index in [0.29, 0.717) is 6.61 Å². The third kappa shape index (κ3) is 2.88. The van der Waals surface area contributed by atoms with Gasteiger partial charge in [-0.05, 0) is 52.7 Å². The highest BCUT2D eigenvalue weighted by Crippen LogP contribution is 2.23. The molecular weight excluding hydrogens is 332 g/mol. The van der Waals surface area contributed by atoms with Crippen molar-refractivity contribution < 1.29 is 9.47 Å². The van der Waals surface area contributed by atoms with Crippen LogP contribution in [0.25, 0.3) is 5.52 Å². The van der Waals surface area contributed by atoms with Crippen molar-refractivity contribution in [3.63, 3.8) is 0 Å². The summed E-state index contributed by atoms with van der Waals surface area (Å²) < 4.78 is 13.9. The quantitative estimate of drug-likeness (QED) is 0.716. The maximum Gasteiger partial charge on any atom is 0.152 e. The molecule has 0 saturated heterocycles. The SMILES string of the molecule is COc1ccc2c(Br)nc(COc3cccc(C)c3)n2c1. The highest BCUT2D eigenvalue weighted by atomic mass is 79.9. The first-order chi connectivity index (χ1) is 10.2. The predicted octanol–water partition coefficient (Wildman–Crippen LogP) is 3.99. The Kier molecular flexibility index (Phi) is 3.84. The number of aryl methyl sites for hydroxylation is 1. The number of methoxy groups -OCH3 is 1. The van der Waals surface area contributed by atoms with Crippen LogP contribution in [0.15, 0.2) is 47.2 Å². The topological polar surface area (TPSA) is 35.8 Å². The van der Waals surface area contributed by atoms with Crippen LogP contribution in [0.2, 0.25) is 0 Å². The molecule has 108 valence electrons. The number of hydrogen-bond donors (Lipinski definition) is 0. The zero-order valence-electron chi connectivity index (χ0n) is 11.8. The van der Waals surface area contributed by atoms with Crippen LogP contribution in [0.4, 0.5) is 0 Å². The minimum atomic E-state index is 0.392. The molecule has 2 aromatic heterocycles. The molecule has 21 heavy (non-hydrogen) atoms. The van der Waals surface area contributed by atoms with Crippen LogP contribution in [0.3, 0.4) is 0 Å². The molecule has 0 aliphatic rings. The highest BCUT2D eigenvalue weighted by Gasteiger charge is 2.10. The number of benzene rings is 1. The van der Waals surface area contributed by atoms with E-state index in [1.54, 1.807) is 7.11 Å². The number of imidazole rings is 1. The Hall–Kier alpha value is -2.01. The van der Waals surface area contributed by atoms with E-state index in [0.717, 1.165) is 27.4 Å². The molecule has 3 rings (SSSR count). The molecule has 0 bridgehead atoms. The molecule has 0 saturated carbocycles. The Balaban J connectivity index is 1.89. The molecule has 0 amide bonds. The average Bonchev–Trinajstić information content (AvgIpc) is 2.81. The summed E-state index contributed by atoms with van der Waals surface area (Å²) in [5.74, 6) is 2.44. The van der Waals surface area contributed by atoms with E-state index in [-0.39, 0.29) is 0 Å². The molecule has 0 unspecified atom stereocenters. The fraction of sp³-hybridized carbons (Fsp3) is 0.188. The van der Waals surface area contributed by atoms with Crippen LogP contribution < -0.4 is 9.47 Å². The van der Waals surface area contributed by atoms with Crippen LogP contribution >= 0.6 is 15.9 Å². The Labute approximate surface area is 131 Å². The van der Waals surface area contributed by atoms with Crippen molar-refractivity contribution in [2.75, 3.05) is 7.11 Å². The van der Waals surface area contributed by atoms with Gasteiger partial charge in [0.15, 0.2) is 5.82 Å². The minimum Gasteiger partial charge on any atom is -0.495 e. The molecule has 3 aromatic rings. The molecule has 0 fully saturated rings. The summed E-state index contributed by atoms with van der Waals surface area (Å²) >= 11 is 3.47. The Morgan fingerprint density at radius 1 is 1.19 bits per heavy atom. The van der Waals surface area contributed by atoms with Gasteiger partial charge < -0.3 is 9.47 Å². The second-order valence-electron chi connectivity index (χ2n) is 4.75. The summed E-state index contributed by atoms with van der Waals surface area (Å²) in [7, 11) is 1.65. The number of hydrogen-bond acceptors (Lipinski definition) is 3. The molecule has 4 nitrogen and oxygen atoms in total. The fourth-order valence-corrected chi connectivity index (χ4v) is 2.69. The van der Waals surface area contributed by atoms with Crippen LogP contribution in [-0.2, 0) is 6.61 Å². The lowest BCUT2D eigenvalue weighted by Gasteiger charge is -2.07. The third-order valence-corrected chi connectivity index (χ3v) is 3.81. The summed E-state index contributed by atoms with van der Waals surface area (Å²) in [6.07, 6.45) is 1.90. The predicted molar refractivity (Wildman–Crippen MR) is 85.0 cm³/mol. The summed E-state index contributed by atoms with van der Waals surface area (Å²) in [5.41, 5.74) is 2.15. The van der Waals surface area contributed by atoms with Crippen LogP contribution in [-0.4, -0.2) is 16.5 Å². The molecule has 0 aliphatic heterocycles. The van der Waals surface area contributed by atoms with E-state index in [1.807, 2.05) is 53.9 Å². The van der Waals surface area contributed by atoms with Gasteiger partial charge in [-0.15, -0.1) is 0 Å². The van der Waals surface area contributed by atoms with E-state index >= 15 is 0 Å². The molecule has 0 spiro atoms. The lowest BCUT2D eigenvalue weighted by atomic mass is 10.2. The maximum absolute atomic E-state index is 5.82. The van der Waals surface area contributed by atoms with Gasteiger partial charge in [-0.2, -0.15) is 0 Å². The summed E-state index contributed by atoms with van der Waals surface area (Å²) in [5, 5.41) is 0. The fourth-order valence-electron chi connectivity index (χ4n) is 2.16. The average molecular weight is 347 g/mol. The summed E-state index contributed by atoms with van der Waals surface area (Å²) in [6.45, 7) is 2.43. The van der Waals surface area contributed by atoms with Gasteiger partial charge >= 0.3 is 0 Å². The molecule has 0 atom stereocenters. The first kappa shape index (κ1) is 13.9. The second-order valence-corrected chi connectivity index (χ2v) is 5.50. The lowest BCUT2D eigenvalue weighted by Crippen LogP contribution is -2.01. The maximum atomic E-state index is 5.82. The van der Waals surface area contributed by atoms with Gasteiger partial charge in [0, 0.05) is 0 Å². The van der Waals surface area contributed by atoms with Crippen molar-refractivity contribution in [3.05, 3.63) is 58.6 Å². The van der Waals surface area contributed by atoms with Gasteiger partial charge in [0.2, 0.25) is 0 Å². The minimum absolute atomic E-state index is 0.392. The Morgan fingerprint density at radius 3 is 2.81 bits per heavy atom. The number of aromatic nitrogens is 2. The molecule has 0 aliphatic carbocycles. The molecular formula is C16H15BrN2O2. The highest BCUT2D eigenvalue weighted by molar-refractivity contribution is 9.10. The van der Waals surface area contributed by atoms with E-state index in [1.165, 1.54) is 5.56 Å². The normalized spacial score (nSPS) is 10.8. The van der Waals surface area contributed by atoms with E-state index in [2.05, 4.69) is 20.9 Å². The zero-order valence-corrected chi connectivity index (χ0v) is 13.4. The van der Waals surface area contributed by atoms with Crippen molar-refractivity contribution in [1.82, 2.24) is 9.38 Å². The van der Waals surface area contributed by atoms with Gasteiger partial charge in [-0.25, -0.2) is 4.98 Å². The Morgan fingerprint density at radius 2 is 2.05 bits per heavy atom. The van der Waals surface area contributed by atoms with Gasteiger partial charge in [0.25, 0.3) is 0 Å². The van der Waals surface area contributed by atoms with E-state index in [9.17, 15) is 0 Å². The number of nitrogens with zero attached hydrogens (tertiary/aromatic N) is 2. The monoisotopic (exact) mass is 346 g/mol. The van der Waals surface area contributed by atoms with Crippen LogP contribution in [0.5, 0.6) is 11.5 Å². The van der Waals surface area contributed by atoms with Crippen LogP contribution in [0.1, 0.15) is 11.4 Å². The zero-order chi connectivity index (χ0) is 14.8. The van der Waals surface area contributed by atoms with Gasteiger partial charge in [-0.1, -0.05) is 12.1 Å². The van der Waals surface area contributed by atoms with Crippen molar-refractivity contribution in [3.8, 4) is 11.5 Å². The first-order valence-corrected chi connectivity index (χ1v) is 7.36. The number of fused-ring (bicyclic) bond motifs is 1. The van der Waals surface area contributed by atoms with Gasteiger partial charge in [0.1, 0.15) is 22.7 Å². The lowest BCUT2D eigenvalue weighted by molar-refractivity contribution is 0.294. The van der Waals surface area contributed by atoms with Crippen molar-refractivity contribution >= 4 is 21.4 Å². The smallest absolute Gasteiger partial charge is 0.152 e. The number of pyridine rings is 1. The number of rotatable bonds is 4. The molecule has 5 heteroatoms. The molecule has 0 N–H and O–H groups in total. The molecule has 1 aromatic carbocycles. The van der Waals surface area contributed by atoms with Crippen LogP contribution in [0, 0.1) is 6.92 Å². The second kappa shape index (κ2) is 5.77. The van der Waals surface area contributed by atoms with Crippen molar-refractivity contribution in [2.24, 2.45) is 0 Å². The largest absolute Gasteiger partial charge is 0.495 e. The van der Waals surface area contributed by atoms with E-state index in [4.69, 9.17) is 9.47 Å². The van der Waals surface area contributed by atoms with Crippen molar-refractivity contribution in [2.45, 2.75) is 13.5 Å². The number of ether oxygens (including phenoxy) is 2. The molecule has 2 heterocycles. The van der Waals surface area contributed by atoms with Crippen molar-refractivity contribution in [1.29, 1.82) is 0 Å². The molecule has 0 radical (unpaired) electrons. The Bertz CT molecular complexity index is 783. The number of halogens is 1. The standard InChI is InChI=1S/C16H15BrN2O2/c1-11-4-3-5-12(8-11)21-10-15-18-16(17)14-7-6-13(20-2)9-19(14)15/h3-9H,10H2,1-2H3. The third-order valence-electron chi connectivity index (χ3n) is 3.23. The first-order valence-electron chi connectivity index (χ1n) is 6.57. The summed E-state index contributed by atoms with van der Waals surface area (Å²) in [6, 6.07) is 11.8. The summed E-state index contributed by atoms with van der Waals surface area (Å²) in [4.78, 5) is 4.50. The van der Waals surface area contributed by atoms with E-state index < -0.39 is 0 Å².